The van der Waals surface area contributed by atoms with E-state index in [0.29, 0.717) is 20.6 Å². The summed E-state index contributed by atoms with van der Waals surface area (Å²) < 4.78 is 2.10. The fourth-order valence-corrected chi connectivity index (χ4v) is 1.41. The Hall–Kier alpha value is -0.520. The number of hydrogen-bond donors (Lipinski definition) is 0. The van der Waals surface area contributed by atoms with Crippen molar-refractivity contribution in [2.45, 2.75) is 39.8 Å². The van der Waals surface area contributed by atoms with Crippen molar-refractivity contribution in [2.75, 3.05) is 0 Å². The van der Waals surface area contributed by atoms with Crippen molar-refractivity contribution in [3.8, 4) is 0 Å². The molecular formula is C6H14N4P+. The van der Waals surface area contributed by atoms with Crippen LogP contribution in [0.4, 0.5) is 0 Å². The van der Waals surface area contributed by atoms with Crippen molar-refractivity contribution >= 4 is 8.52 Å². The van der Waals surface area contributed by atoms with Crippen LogP contribution in [0.15, 0.2) is 4.85 Å². The molecule has 0 aromatic heterocycles. The lowest BCUT2D eigenvalue weighted by Crippen LogP contribution is -2.27. The molecule has 0 unspecified atom stereocenters. The van der Waals surface area contributed by atoms with Crippen LogP contribution in [0, 0.1) is 5.39 Å². The van der Waals surface area contributed by atoms with E-state index in [0.717, 1.165) is 0 Å². The summed E-state index contributed by atoms with van der Waals surface area (Å²) in [7, 11) is 0.703. The van der Waals surface area contributed by atoms with Crippen molar-refractivity contribution in [3.63, 3.8) is 0 Å². The average molecular weight is 173 g/mol. The molecule has 0 rings (SSSR count). The molecule has 0 aromatic carbocycles. The van der Waals surface area contributed by atoms with Crippen molar-refractivity contribution in [3.05, 3.63) is 5.08 Å². The van der Waals surface area contributed by atoms with Crippen LogP contribution in [-0.4, -0.2) is 16.8 Å². The summed E-state index contributed by atoms with van der Waals surface area (Å²) in [6.45, 7) is 8.33. The number of rotatable bonds is 3. The molecule has 0 fully saturated rings. The molecule has 0 atom stereocenters. The summed E-state index contributed by atoms with van der Waals surface area (Å²) in [6.07, 6.45) is 0. The third-order valence-corrected chi connectivity index (χ3v) is 2.53. The Morgan fingerprint density at radius 2 is 1.73 bits per heavy atom. The Balaban J connectivity index is 4.14. The number of diazo groups is 1. The van der Waals surface area contributed by atoms with Gasteiger partial charge in [0.25, 0.3) is 5.39 Å². The second-order valence-electron chi connectivity index (χ2n) is 2.84. The highest BCUT2D eigenvalue weighted by Gasteiger charge is 2.12. The molecule has 4 nitrogen and oxygen atoms in total. The monoisotopic (exact) mass is 173 g/mol. The van der Waals surface area contributed by atoms with E-state index in [-0.39, 0.29) is 0 Å². The summed E-state index contributed by atoms with van der Waals surface area (Å²) in [6, 6.07) is 0.837. The van der Waals surface area contributed by atoms with Crippen LogP contribution in [0.2, 0.25) is 0 Å². The molecule has 0 saturated heterocycles. The summed E-state index contributed by atoms with van der Waals surface area (Å²) in [5, 5.41) is 10.8. The predicted molar refractivity (Wildman–Crippen MR) is 46.5 cm³/mol. The van der Waals surface area contributed by atoms with E-state index in [2.05, 4.69) is 42.3 Å². The zero-order chi connectivity index (χ0) is 8.85. The van der Waals surface area contributed by atoms with Crippen LogP contribution in [0.1, 0.15) is 27.7 Å². The van der Waals surface area contributed by atoms with E-state index in [9.17, 15) is 0 Å². The van der Waals surface area contributed by atoms with E-state index < -0.39 is 0 Å². The standard InChI is InChI=1S/C6H14N4P/c1-5(2)10(6(3)4)11-9-8-7/h5-6H,1-4H3/q+1. The lowest BCUT2D eigenvalue weighted by molar-refractivity contribution is 0.331. The van der Waals surface area contributed by atoms with Gasteiger partial charge in [-0.25, -0.2) is 4.67 Å². The average Bonchev–Trinajstić information content (AvgIpc) is 1.87. The lowest BCUT2D eigenvalue weighted by atomic mass is 10.3. The zero-order valence-electron chi connectivity index (χ0n) is 7.39. The summed E-state index contributed by atoms with van der Waals surface area (Å²) in [5.74, 6) is 0. The second kappa shape index (κ2) is 5.17. The molecule has 0 bridgehead atoms. The van der Waals surface area contributed by atoms with Crippen LogP contribution in [0.5, 0.6) is 0 Å². The summed E-state index contributed by atoms with van der Waals surface area (Å²) in [5.41, 5.74) is 0. The Morgan fingerprint density at radius 3 is 2.00 bits per heavy atom. The van der Waals surface area contributed by atoms with Gasteiger partial charge >= 0.3 is 5.08 Å². The van der Waals surface area contributed by atoms with Crippen molar-refractivity contribution in [1.82, 2.24) is 4.67 Å². The third-order valence-electron chi connectivity index (χ3n) is 1.24. The van der Waals surface area contributed by atoms with Gasteiger partial charge in [0.15, 0.2) is 0 Å². The van der Waals surface area contributed by atoms with Gasteiger partial charge in [0.1, 0.15) is 0 Å². The molecule has 0 amide bonds. The van der Waals surface area contributed by atoms with Gasteiger partial charge in [0, 0.05) is 12.1 Å². The molecule has 0 aromatic rings. The molecule has 0 saturated carbocycles. The van der Waals surface area contributed by atoms with Gasteiger partial charge in [-0.05, 0) is 27.7 Å². The molecule has 0 radical (unpaired) electrons. The van der Waals surface area contributed by atoms with Gasteiger partial charge in [0.05, 0.1) is 0 Å². The van der Waals surface area contributed by atoms with Gasteiger partial charge in [0.2, 0.25) is 13.4 Å². The maximum atomic E-state index is 8.10. The maximum Gasteiger partial charge on any atom is 0.344 e. The van der Waals surface area contributed by atoms with E-state index >= 15 is 0 Å². The SMILES string of the molecule is CC(C)N(P=N[N+]#N)C(C)C. The van der Waals surface area contributed by atoms with E-state index in [1.54, 1.807) is 0 Å². The smallest absolute Gasteiger partial charge is 0.231 e. The van der Waals surface area contributed by atoms with E-state index in [1.165, 1.54) is 0 Å². The summed E-state index contributed by atoms with van der Waals surface area (Å²) in [4.78, 5) is 3.49. The topological polar surface area (TPSA) is 43.8 Å². The van der Waals surface area contributed by atoms with Crippen molar-refractivity contribution in [2.24, 2.45) is 4.85 Å². The highest BCUT2D eigenvalue weighted by molar-refractivity contribution is 7.23. The fraction of sp³-hybridized carbons (Fsp3) is 1.00. The van der Waals surface area contributed by atoms with Crippen LogP contribution >= 0.6 is 8.52 Å². The fourth-order valence-electron chi connectivity index (χ4n) is 0.867. The van der Waals surface area contributed by atoms with Gasteiger partial charge in [-0.3, -0.25) is 0 Å². The van der Waals surface area contributed by atoms with Crippen molar-refractivity contribution in [1.29, 1.82) is 5.39 Å². The normalized spacial score (nSPS) is 11.8. The van der Waals surface area contributed by atoms with E-state index in [1.807, 2.05) is 0 Å². The molecule has 0 aliphatic carbocycles. The first-order chi connectivity index (χ1) is 5.09. The second-order valence-corrected chi connectivity index (χ2v) is 3.66. The predicted octanol–water partition coefficient (Wildman–Crippen LogP) is 2.92. The molecule has 0 N–H and O–H groups in total. The minimum absolute atomic E-state index is 0.419. The Kier molecular flexibility index (Phi) is 4.93. The maximum absolute atomic E-state index is 8.10. The highest BCUT2D eigenvalue weighted by atomic mass is 31.1. The third kappa shape index (κ3) is 4.02. The van der Waals surface area contributed by atoms with Gasteiger partial charge in [-0.15, -0.1) is 0 Å². The van der Waals surface area contributed by atoms with Crippen LogP contribution in [0.25, 0.3) is 5.08 Å². The Bertz CT molecular complexity index is 162. The van der Waals surface area contributed by atoms with Gasteiger partial charge in [-0.2, -0.15) is 0 Å². The first-order valence-electron chi connectivity index (χ1n) is 3.63. The molecular weight excluding hydrogens is 159 g/mol. The minimum atomic E-state index is 0.419. The zero-order valence-corrected chi connectivity index (χ0v) is 8.29. The molecule has 0 spiro atoms. The molecule has 62 valence electrons. The Labute approximate surface area is 69.1 Å². The minimum Gasteiger partial charge on any atom is -0.231 e. The van der Waals surface area contributed by atoms with Crippen LogP contribution < -0.4 is 0 Å². The quantitative estimate of drug-likeness (QED) is 0.374. The molecule has 5 heteroatoms. The molecule has 0 heterocycles. The lowest BCUT2D eigenvalue weighted by Gasteiger charge is -2.22. The largest absolute Gasteiger partial charge is 0.344 e. The summed E-state index contributed by atoms with van der Waals surface area (Å²) >= 11 is 0. The number of nitrogens with zero attached hydrogens (tertiary/aromatic N) is 4. The molecule has 0 aliphatic heterocycles. The van der Waals surface area contributed by atoms with Crippen LogP contribution in [-0.2, 0) is 0 Å². The van der Waals surface area contributed by atoms with Crippen LogP contribution in [0.3, 0.4) is 0 Å². The first kappa shape index (κ1) is 10.5. The first-order valence-corrected chi connectivity index (χ1v) is 4.43. The molecule has 11 heavy (non-hydrogen) atoms. The highest BCUT2D eigenvalue weighted by Crippen LogP contribution is 2.18. The number of hydrogen-bond acceptors (Lipinski definition) is 2. The van der Waals surface area contributed by atoms with Crippen molar-refractivity contribution < 1.29 is 0 Å². The van der Waals surface area contributed by atoms with Gasteiger partial charge < -0.3 is 0 Å². The molecule has 0 aliphatic rings. The van der Waals surface area contributed by atoms with E-state index in [4.69, 9.17) is 5.39 Å². The van der Waals surface area contributed by atoms with Gasteiger partial charge in [-0.1, -0.05) is 0 Å². The Morgan fingerprint density at radius 1 is 1.27 bits per heavy atom.